The molecule has 1 N–H and O–H groups in total. The third kappa shape index (κ3) is 4.53. The van der Waals surface area contributed by atoms with Gasteiger partial charge in [0.15, 0.2) is 11.5 Å². The van der Waals surface area contributed by atoms with Crippen LogP contribution in [-0.4, -0.2) is 36.1 Å². The van der Waals surface area contributed by atoms with Crippen molar-refractivity contribution in [2.45, 2.75) is 19.9 Å². The van der Waals surface area contributed by atoms with Crippen molar-refractivity contribution in [3.63, 3.8) is 0 Å². The van der Waals surface area contributed by atoms with Crippen LogP contribution in [0.3, 0.4) is 0 Å². The van der Waals surface area contributed by atoms with Gasteiger partial charge in [-0.2, -0.15) is 0 Å². The summed E-state index contributed by atoms with van der Waals surface area (Å²) in [7, 11) is 1.93. The number of nitro benzene ring substituents is 1. The van der Waals surface area contributed by atoms with Crippen molar-refractivity contribution < 1.29 is 19.2 Å². The van der Waals surface area contributed by atoms with Gasteiger partial charge in [-0.05, 0) is 37.7 Å². The van der Waals surface area contributed by atoms with E-state index in [4.69, 9.17) is 9.47 Å². The first kappa shape index (κ1) is 18.7. The summed E-state index contributed by atoms with van der Waals surface area (Å²) >= 11 is 0. The molecule has 3 rings (SSSR count). The van der Waals surface area contributed by atoms with Crippen LogP contribution in [0.5, 0.6) is 11.5 Å². The van der Waals surface area contributed by atoms with Crippen LogP contribution < -0.4 is 14.8 Å². The highest BCUT2D eigenvalue weighted by atomic mass is 16.7. The number of nitrogens with zero attached hydrogens (tertiary/aromatic N) is 2. The number of nitro groups is 1. The number of carbonyl (C=O) groups excluding carboxylic acids is 1. The predicted octanol–water partition coefficient (Wildman–Crippen LogP) is 3.09. The standard InChI is InChI=1S/C19H21N3O5/c1-13-15(4-3-5-16(13)22(24)25)20-19(23)8-9-21(2)11-14-6-7-17-18(10-14)27-12-26-17/h3-7,10H,8-9,11-12H2,1-2H3,(H,20,23). The maximum atomic E-state index is 12.2. The van der Waals surface area contributed by atoms with E-state index in [1.165, 1.54) is 6.07 Å². The number of fused-ring (bicyclic) bond motifs is 1. The van der Waals surface area contributed by atoms with Gasteiger partial charge in [-0.15, -0.1) is 0 Å². The van der Waals surface area contributed by atoms with Gasteiger partial charge in [0.05, 0.1) is 16.2 Å². The fourth-order valence-electron chi connectivity index (χ4n) is 2.89. The minimum Gasteiger partial charge on any atom is -0.454 e. The summed E-state index contributed by atoms with van der Waals surface area (Å²) < 4.78 is 10.7. The highest BCUT2D eigenvalue weighted by molar-refractivity contribution is 5.92. The number of anilines is 1. The maximum Gasteiger partial charge on any atom is 0.274 e. The van der Waals surface area contributed by atoms with Crippen molar-refractivity contribution >= 4 is 17.3 Å². The largest absolute Gasteiger partial charge is 0.454 e. The van der Waals surface area contributed by atoms with Crippen molar-refractivity contribution in [3.05, 3.63) is 57.6 Å². The minimum absolute atomic E-state index is 0.00674. The van der Waals surface area contributed by atoms with E-state index in [2.05, 4.69) is 5.32 Å². The van der Waals surface area contributed by atoms with Gasteiger partial charge in [0.25, 0.3) is 5.69 Å². The molecule has 1 aliphatic rings. The van der Waals surface area contributed by atoms with Crippen LogP contribution in [-0.2, 0) is 11.3 Å². The van der Waals surface area contributed by atoms with E-state index in [-0.39, 0.29) is 24.8 Å². The van der Waals surface area contributed by atoms with Crippen LogP contribution in [0.2, 0.25) is 0 Å². The summed E-state index contributed by atoms with van der Waals surface area (Å²) in [5, 5.41) is 13.7. The number of carbonyl (C=O) groups is 1. The Morgan fingerprint density at radius 2 is 2.04 bits per heavy atom. The topological polar surface area (TPSA) is 93.9 Å². The number of hydrogen-bond donors (Lipinski definition) is 1. The zero-order chi connectivity index (χ0) is 19.4. The second-order valence-corrected chi connectivity index (χ2v) is 6.43. The summed E-state index contributed by atoms with van der Waals surface area (Å²) in [5.74, 6) is 1.30. The first-order valence-electron chi connectivity index (χ1n) is 8.55. The van der Waals surface area contributed by atoms with Gasteiger partial charge in [-0.25, -0.2) is 0 Å². The Balaban J connectivity index is 1.52. The molecule has 8 heteroatoms. The fourth-order valence-corrected chi connectivity index (χ4v) is 2.89. The summed E-state index contributed by atoms with van der Waals surface area (Å²) in [6.45, 7) is 3.08. The van der Waals surface area contributed by atoms with Crippen molar-refractivity contribution in [2.24, 2.45) is 0 Å². The van der Waals surface area contributed by atoms with Gasteiger partial charge in [0.2, 0.25) is 12.7 Å². The molecule has 142 valence electrons. The lowest BCUT2D eigenvalue weighted by Crippen LogP contribution is -2.24. The highest BCUT2D eigenvalue weighted by Gasteiger charge is 2.16. The second kappa shape index (κ2) is 8.05. The van der Waals surface area contributed by atoms with Crippen LogP contribution in [0.4, 0.5) is 11.4 Å². The summed E-state index contributed by atoms with van der Waals surface area (Å²) in [4.78, 5) is 24.8. The highest BCUT2D eigenvalue weighted by Crippen LogP contribution is 2.32. The first-order chi connectivity index (χ1) is 12.9. The molecule has 0 fully saturated rings. The van der Waals surface area contributed by atoms with Crippen molar-refractivity contribution in [1.29, 1.82) is 0 Å². The van der Waals surface area contributed by atoms with E-state index in [9.17, 15) is 14.9 Å². The lowest BCUT2D eigenvalue weighted by atomic mass is 10.1. The summed E-state index contributed by atoms with van der Waals surface area (Å²) in [6.07, 6.45) is 0.281. The number of amides is 1. The molecule has 0 bridgehead atoms. The molecule has 0 saturated carbocycles. The van der Waals surface area contributed by atoms with Crippen LogP contribution in [0.1, 0.15) is 17.5 Å². The van der Waals surface area contributed by atoms with Gasteiger partial charge in [-0.3, -0.25) is 14.9 Å². The zero-order valence-electron chi connectivity index (χ0n) is 15.2. The maximum absolute atomic E-state index is 12.2. The third-order valence-electron chi connectivity index (χ3n) is 4.39. The molecule has 0 aromatic heterocycles. The number of ether oxygens (including phenoxy) is 2. The molecule has 0 spiro atoms. The lowest BCUT2D eigenvalue weighted by Gasteiger charge is -2.17. The number of nitrogens with one attached hydrogen (secondary N) is 1. The quantitative estimate of drug-likeness (QED) is 0.594. The molecule has 27 heavy (non-hydrogen) atoms. The van der Waals surface area contributed by atoms with Crippen LogP contribution in [0.15, 0.2) is 36.4 Å². The van der Waals surface area contributed by atoms with E-state index < -0.39 is 4.92 Å². The minimum atomic E-state index is -0.454. The van der Waals surface area contributed by atoms with Gasteiger partial charge in [0.1, 0.15) is 0 Å². The molecule has 2 aromatic carbocycles. The molecule has 0 atom stereocenters. The van der Waals surface area contributed by atoms with E-state index >= 15 is 0 Å². The predicted molar refractivity (Wildman–Crippen MR) is 100.0 cm³/mol. The molecule has 1 aliphatic heterocycles. The van der Waals surface area contributed by atoms with E-state index in [1.54, 1.807) is 19.1 Å². The molecule has 0 saturated heterocycles. The fraction of sp³-hybridized carbons (Fsp3) is 0.316. The van der Waals surface area contributed by atoms with Gasteiger partial charge >= 0.3 is 0 Å². The Labute approximate surface area is 156 Å². The summed E-state index contributed by atoms with van der Waals surface area (Å²) in [5.41, 5.74) is 1.97. The molecule has 0 radical (unpaired) electrons. The van der Waals surface area contributed by atoms with Gasteiger partial charge in [-0.1, -0.05) is 12.1 Å². The van der Waals surface area contributed by atoms with Gasteiger partial charge < -0.3 is 19.7 Å². The summed E-state index contributed by atoms with van der Waals surface area (Å²) in [6, 6.07) is 10.4. The van der Waals surface area contributed by atoms with E-state index in [0.29, 0.717) is 24.3 Å². The van der Waals surface area contributed by atoms with Gasteiger partial charge in [0, 0.05) is 25.6 Å². The Bertz CT molecular complexity index is 868. The van der Waals surface area contributed by atoms with E-state index in [0.717, 1.165) is 17.1 Å². The second-order valence-electron chi connectivity index (χ2n) is 6.43. The SMILES string of the molecule is Cc1c(NC(=O)CCN(C)Cc2ccc3c(c2)OCO3)cccc1[N+](=O)[O-]. The number of benzene rings is 2. The van der Waals surface area contributed by atoms with E-state index in [1.807, 2.05) is 30.1 Å². The molecule has 8 nitrogen and oxygen atoms in total. The average molecular weight is 371 g/mol. The third-order valence-corrected chi connectivity index (χ3v) is 4.39. The molecule has 2 aromatic rings. The molecule has 1 heterocycles. The smallest absolute Gasteiger partial charge is 0.274 e. The van der Waals surface area contributed by atoms with Crippen molar-refractivity contribution in [3.8, 4) is 11.5 Å². The monoisotopic (exact) mass is 371 g/mol. The van der Waals surface area contributed by atoms with Crippen molar-refractivity contribution in [2.75, 3.05) is 25.7 Å². The number of hydrogen-bond acceptors (Lipinski definition) is 6. The molecule has 0 aliphatic carbocycles. The van der Waals surface area contributed by atoms with Crippen LogP contribution in [0.25, 0.3) is 0 Å². The Morgan fingerprint density at radius 1 is 1.26 bits per heavy atom. The molecular formula is C19H21N3O5. The van der Waals surface area contributed by atoms with Crippen LogP contribution in [0, 0.1) is 17.0 Å². The van der Waals surface area contributed by atoms with Crippen LogP contribution >= 0.6 is 0 Å². The van der Waals surface area contributed by atoms with Crippen molar-refractivity contribution in [1.82, 2.24) is 4.90 Å². The Kier molecular flexibility index (Phi) is 5.56. The average Bonchev–Trinajstić information content (AvgIpc) is 3.09. The Hall–Kier alpha value is -3.13. The number of rotatable bonds is 7. The zero-order valence-corrected chi connectivity index (χ0v) is 15.2. The molecule has 0 unspecified atom stereocenters. The lowest BCUT2D eigenvalue weighted by molar-refractivity contribution is -0.385. The molecular weight excluding hydrogens is 350 g/mol. The molecule has 1 amide bonds. The Morgan fingerprint density at radius 3 is 2.81 bits per heavy atom. The first-order valence-corrected chi connectivity index (χ1v) is 8.55. The normalized spacial score (nSPS) is 12.3.